The van der Waals surface area contributed by atoms with Gasteiger partial charge in [0.25, 0.3) is 0 Å². The molecule has 1 aromatic heterocycles. The lowest BCUT2D eigenvalue weighted by Crippen LogP contribution is -2.01. The first-order chi connectivity index (χ1) is 9.18. The van der Waals surface area contributed by atoms with E-state index < -0.39 is 0 Å². The van der Waals surface area contributed by atoms with Gasteiger partial charge in [0, 0.05) is 35.3 Å². The molecule has 0 N–H and O–H groups in total. The van der Waals surface area contributed by atoms with Crippen LogP contribution in [0.4, 0.5) is 0 Å². The number of carbonyl (C=O) groups is 1. The molecule has 0 fully saturated rings. The number of benzene rings is 2. The first-order valence-electron chi connectivity index (χ1n) is 6.02. The standard InChI is InChI=1S/C16H12ClNO/c1-18-10-13(11-6-3-5-9-15(11)18)16(19)12-7-2-4-8-14(12)17/h2-10H,1H3. The van der Waals surface area contributed by atoms with E-state index in [0.29, 0.717) is 16.1 Å². The van der Waals surface area contributed by atoms with Crippen LogP contribution in [0.25, 0.3) is 10.9 Å². The van der Waals surface area contributed by atoms with E-state index in [2.05, 4.69) is 0 Å². The lowest BCUT2D eigenvalue weighted by Gasteiger charge is -2.01. The zero-order valence-corrected chi connectivity index (χ0v) is 11.2. The smallest absolute Gasteiger partial charge is 0.196 e. The van der Waals surface area contributed by atoms with Crippen LogP contribution >= 0.6 is 11.6 Å². The Morgan fingerprint density at radius 2 is 1.68 bits per heavy atom. The van der Waals surface area contributed by atoms with Crippen molar-refractivity contribution >= 4 is 28.3 Å². The van der Waals surface area contributed by atoms with Crippen LogP contribution in [0.3, 0.4) is 0 Å². The Bertz CT molecular complexity index is 773. The van der Waals surface area contributed by atoms with Crippen molar-refractivity contribution in [2.45, 2.75) is 0 Å². The van der Waals surface area contributed by atoms with Crippen LogP contribution in [0.2, 0.25) is 5.02 Å². The van der Waals surface area contributed by atoms with Gasteiger partial charge in [-0.1, -0.05) is 41.9 Å². The third kappa shape index (κ3) is 1.94. The highest BCUT2D eigenvalue weighted by atomic mass is 35.5. The van der Waals surface area contributed by atoms with Gasteiger partial charge < -0.3 is 4.57 Å². The minimum absolute atomic E-state index is 0.0394. The van der Waals surface area contributed by atoms with Gasteiger partial charge in [-0.25, -0.2) is 0 Å². The van der Waals surface area contributed by atoms with Crippen LogP contribution in [-0.2, 0) is 7.05 Å². The van der Waals surface area contributed by atoms with Crippen molar-refractivity contribution in [3.8, 4) is 0 Å². The topological polar surface area (TPSA) is 22.0 Å². The Labute approximate surface area is 116 Å². The monoisotopic (exact) mass is 269 g/mol. The van der Waals surface area contributed by atoms with Gasteiger partial charge in [0.1, 0.15) is 0 Å². The van der Waals surface area contributed by atoms with Crippen LogP contribution in [0.15, 0.2) is 54.7 Å². The van der Waals surface area contributed by atoms with Gasteiger partial charge in [-0.3, -0.25) is 4.79 Å². The highest BCUT2D eigenvalue weighted by Gasteiger charge is 2.17. The number of halogens is 1. The van der Waals surface area contributed by atoms with Crippen molar-refractivity contribution in [3.63, 3.8) is 0 Å². The zero-order valence-electron chi connectivity index (χ0n) is 10.4. The van der Waals surface area contributed by atoms with Gasteiger partial charge in [0.05, 0.1) is 5.02 Å². The molecule has 0 aliphatic rings. The Morgan fingerprint density at radius 1 is 1.00 bits per heavy atom. The predicted octanol–water partition coefficient (Wildman–Crippen LogP) is 4.06. The van der Waals surface area contributed by atoms with Gasteiger partial charge in [0.2, 0.25) is 0 Å². The van der Waals surface area contributed by atoms with Crippen LogP contribution < -0.4 is 0 Å². The fraction of sp³-hybridized carbons (Fsp3) is 0.0625. The first-order valence-corrected chi connectivity index (χ1v) is 6.39. The Kier molecular flexibility index (Phi) is 2.88. The number of para-hydroxylation sites is 1. The van der Waals surface area contributed by atoms with Crippen LogP contribution in [0, 0.1) is 0 Å². The van der Waals surface area contributed by atoms with Gasteiger partial charge >= 0.3 is 0 Å². The second kappa shape index (κ2) is 4.56. The Balaban J connectivity index is 2.20. The molecule has 0 atom stereocenters. The zero-order chi connectivity index (χ0) is 13.4. The third-order valence-corrected chi connectivity index (χ3v) is 3.59. The molecule has 3 heteroatoms. The summed E-state index contributed by atoms with van der Waals surface area (Å²) in [4.78, 5) is 12.6. The molecule has 2 nitrogen and oxygen atoms in total. The van der Waals surface area contributed by atoms with E-state index in [-0.39, 0.29) is 5.78 Å². The molecular formula is C16H12ClNO. The molecule has 0 unspecified atom stereocenters. The fourth-order valence-corrected chi connectivity index (χ4v) is 2.53. The summed E-state index contributed by atoms with van der Waals surface area (Å²) in [5.74, 6) is -0.0394. The summed E-state index contributed by atoms with van der Waals surface area (Å²) in [6.45, 7) is 0. The predicted molar refractivity (Wildman–Crippen MR) is 77.8 cm³/mol. The largest absolute Gasteiger partial charge is 0.350 e. The first kappa shape index (κ1) is 12.0. The summed E-state index contributed by atoms with van der Waals surface area (Å²) in [6.07, 6.45) is 1.86. The Hall–Kier alpha value is -2.06. The van der Waals surface area contributed by atoms with Gasteiger partial charge in [-0.05, 0) is 18.2 Å². The Morgan fingerprint density at radius 3 is 2.47 bits per heavy atom. The number of aryl methyl sites for hydroxylation is 1. The lowest BCUT2D eigenvalue weighted by atomic mass is 10.0. The summed E-state index contributed by atoms with van der Waals surface area (Å²) >= 11 is 6.10. The van der Waals surface area contributed by atoms with E-state index in [1.165, 1.54) is 0 Å². The summed E-state index contributed by atoms with van der Waals surface area (Å²) in [5.41, 5.74) is 2.27. The molecule has 0 amide bonds. The van der Waals surface area contributed by atoms with Crippen molar-refractivity contribution in [3.05, 3.63) is 70.9 Å². The molecule has 19 heavy (non-hydrogen) atoms. The average Bonchev–Trinajstić information content (AvgIpc) is 2.77. The number of aromatic nitrogens is 1. The molecule has 3 aromatic rings. The maximum absolute atomic E-state index is 12.6. The number of rotatable bonds is 2. The number of fused-ring (bicyclic) bond motifs is 1. The van der Waals surface area contributed by atoms with E-state index >= 15 is 0 Å². The summed E-state index contributed by atoms with van der Waals surface area (Å²) in [6, 6.07) is 15.0. The van der Waals surface area contributed by atoms with Crippen molar-refractivity contribution in [1.29, 1.82) is 0 Å². The van der Waals surface area contributed by atoms with Crippen molar-refractivity contribution < 1.29 is 4.79 Å². The van der Waals surface area contributed by atoms with Crippen LogP contribution in [0.5, 0.6) is 0 Å². The summed E-state index contributed by atoms with van der Waals surface area (Å²) < 4.78 is 1.96. The van der Waals surface area contributed by atoms with E-state index in [1.807, 2.05) is 54.2 Å². The summed E-state index contributed by atoms with van der Waals surface area (Å²) in [7, 11) is 1.94. The summed E-state index contributed by atoms with van der Waals surface area (Å²) in [5, 5.41) is 1.44. The molecule has 0 saturated heterocycles. The number of hydrogen-bond acceptors (Lipinski definition) is 1. The molecule has 1 heterocycles. The van der Waals surface area contributed by atoms with Gasteiger partial charge in [0.15, 0.2) is 5.78 Å². The molecule has 94 valence electrons. The molecule has 0 aliphatic carbocycles. The molecule has 2 aromatic carbocycles. The van der Waals surface area contributed by atoms with E-state index in [4.69, 9.17) is 11.6 Å². The van der Waals surface area contributed by atoms with Crippen molar-refractivity contribution in [1.82, 2.24) is 4.57 Å². The molecule has 0 aliphatic heterocycles. The second-order valence-electron chi connectivity index (χ2n) is 4.48. The van der Waals surface area contributed by atoms with E-state index in [1.54, 1.807) is 12.1 Å². The van der Waals surface area contributed by atoms with Crippen molar-refractivity contribution in [2.24, 2.45) is 7.05 Å². The minimum atomic E-state index is -0.0394. The average molecular weight is 270 g/mol. The highest BCUT2D eigenvalue weighted by molar-refractivity contribution is 6.35. The third-order valence-electron chi connectivity index (χ3n) is 3.26. The maximum atomic E-state index is 12.6. The molecule has 0 spiro atoms. The van der Waals surface area contributed by atoms with E-state index in [9.17, 15) is 4.79 Å². The number of hydrogen-bond donors (Lipinski definition) is 0. The van der Waals surface area contributed by atoms with Crippen LogP contribution in [-0.4, -0.2) is 10.4 Å². The SMILES string of the molecule is Cn1cc(C(=O)c2ccccc2Cl)c2ccccc21. The van der Waals surface area contributed by atoms with Gasteiger partial charge in [-0.15, -0.1) is 0 Å². The van der Waals surface area contributed by atoms with Crippen LogP contribution in [0.1, 0.15) is 15.9 Å². The molecular weight excluding hydrogens is 258 g/mol. The minimum Gasteiger partial charge on any atom is -0.350 e. The van der Waals surface area contributed by atoms with Gasteiger partial charge in [-0.2, -0.15) is 0 Å². The lowest BCUT2D eigenvalue weighted by molar-refractivity contribution is 0.104. The maximum Gasteiger partial charge on any atom is 0.196 e. The number of nitrogens with zero attached hydrogens (tertiary/aromatic N) is 1. The number of carbonyl (C=O) groups excluding carboxylic acids is 1. The highest BCUT2D eigenvalue weighted by Crippen LogP contribution is 2.25. The normalized spacial score (nSPS) is 10.8. The molecule has 0 saturated carbocycles. The molecule has 3 rings (SSSR count). The van der Waals surface area contributed by atoms with Crippen molar-refractivity contribution in [2.75, 3.05) is 0 Å². The number of ketones is 1. The van der Waals surface area contributed by atoms with E-state index in [0.717, 1.165) is 10.9 Å². The second-order valence-corrected chi connectivity index (χ2v) is 4.89. The quantitative estimate of drug-likeness (QED) is 0.643. The fourth-order valence-electron chi connectivity index (χ4n) is 2.31. The molecule has 0 radical (unpaired) electrons. The molecule has 0 bridgehead atoms.